The molecular weight excluding hydrogens is 148 g/mol. The van der Waals surface area contributed by atoms with Crippen molar-refractivity contribution in [1.82, 2.24) is 0 Å². The van der Waals surface area contributed by atoms with E-state index in [1.54, 1.807) is 24.3 Å². The fraction of sp³-hybridized carbons (Fsp3) is 0.250. The highest BCUT2D eigenvalue weighted by atomic mass is 19.3. The lowest BCUT2D eigenvalue weighted by atomic mass is 10.1. The highest BCUT2D eigenvalue weighted by Gasteiger charge is 2.02. The molecule has 0 aliphatic rings. The maximum atomic E-state index is 11.8. The molecule has 0 saturated heterocycles. The van der Waals surface area contributed by atoms with Crippen LogP contribution in [0.5, 0.6) is 0 Å². The number of anilines is 1. The molecule has 0 amide bonds. The molecule has 0 saturated carbocycles. The van der Waals surface area contributed by atoms with Gasteiger partial charge in [0, 0.05) is 12.1 Å². The van der Waals surface area contributed by atoms with E-state index in [1.165, 1.54) is 0 Å². The fourth-order valence-corrected chi connectivity index (χ4v) is 0.832. The van der Waals surface area contributed by atoms with Gasteiger partial charge in [-0.25, -0.2) is 8.78 Å². The topological polar surface area (TPSA) is 26.0 Å². The Labute approximate surface area is 63.8 Å². The Balaban J connectivity index is 2.66. The van der Waals surface area contributed by atoms with E-state index in [0.29, 0.717) is 11.3 Å². The molecule has 0 aliphatic carbocycles. The maximum Gasteiger partial charge on any atom is 0.242 e. The number of rotatable bonds is 2. The minimum atomic E-state index is -2.28. The van der Waals surface area contributed by atoms with Crippen molar-refractivity contribution in [3.05, 3.63) is 29.8 Å². The number of alkyl halides is 2. The van der Waals surface area contributed by atoms with E-state index in [1.807, 2.05) is 0 Å². The van der Waals surface area contributed by atoms with E-state index in [0.717, 1.165) is 0 Å². The van der Waals surface area contributed by atoms with Crippen LogP contribution in [0.15, 0.2) is 24.3 Å². The molecule has 60 valence electrons. The normalized spacial score (nSPS) is 10.5. The summed E-state index contributed by atoms with van der Waals surface area (Å²) in [6.07, 6.45) is -2.47. The number of benzene rings is 1. The second-order valence-electron chi connectivity index (χ2n) is 2.34. The molecule has 0 atom stereocenters. The van der Waals surface area contributed by atoms with Crippen molar-refractivity contribution < 1.29 is 8.78 Å². The first kappa shape index (κ1) is 7.98. The second kappa shape index (κ2) is 3.32. The van der Waals surface area contributed by atoms with Gasteiger partial charge >= 0.3 is 0 Å². The molecule has 0 unspecified atom stereocenters. The smallest absolute Gasteiger partial charge is 0.242 e. The quantitative estimate of drug-likeness (QED) is 0.653. The zero-order valence-corrected chi connectivity index (χ0v) is 5.93. The maximum absolute atomic E-state index is 11.8. The molecule has 0 radical (unpaired) electrons. The second-order valence-corrected chi connectivity index (χ2v) is 2.34. The van der Waals surface area contributed by atoms with E-state index in [4.69, 9.17) is 5.73 Å². The van der Waals surface area contributed by atoms with Gasteiger partial charge in [-0.2, -0.15) is 0 Å². The Kier molecular flexibility index (Phi) is 2.41. The molecule has 0 spiro atoms. The minimum Gasteiger partial charge on any atom is -0.399 e. The Morgan fingerprint density at radius 3 is 2.18 bits per heavy atom. The van der Waals surface area contributed by atoms with E-state index in [9.17, 15) is 8.78 Å². The van der Waals surface area contributed by atoms with Crippen molar-refractivity contribution in [2.45, 2.75) is 12.8 Å². The number of hydrogen-bond donors (Lipinski definition) is 1. The van der Waals surface area contributed by atoms with Gasteiger partial charge in [-0.1, -0.05) is 12.1 Å². The van der Waals surface area contributed by atoms with Crippen molar-refractivity contribution in [2.75, 3.05) is 5.73 Å². The van der Waals surface area contributed by atoms with E-state index < -0.39 is 6.43 Å². The fourth-order valence-electron chi connectivity index (χ4n) is 0.832. The van der Waals surface area contributed by atoms with Crippen LogP contribution in [-0.4, -0.2) is 6.43 Å². The molecule has 1 rings (SSSR count). The highest BCUT2D eigenvalue weighted by Crippen LogP contribution is 2.09. The summed E-state index contributed by atoms with van der Waals surface area (Å²) >= 11 is 0. The van der Waals surface area contributed by atoms with E-state index >= 15 is 0 Å². The number of hydrogen-bond acceptors (Lipinski definition) is 1. The van der Waals surface area contributed by atoms with Crippen LogP contribution < -0.4 is 5.73 Å². The molecule has 3 heteroatoms. The lowest BCUT2D eigenvalue weighted by Crippen LogP contribution is -1.96. The van der Waals surface area contributed by atoms with Crippen molar-refractivity contribution in [2.24, 2.45) is 0 Å². The lowest BCUT2D eigenvalue weighted by Gasteiger charge is -1.99. The highest BCUT2D eigenvalue weighted by molar-refractivity contribution is 5.39. The van der Waals surface area contributed by atoms with Gasteiger partial charge in [0.25, 0.3) is 0 Å². The summed E-state index contributed by atoms with van der Waals surface area (Å²) in [6.45, 7) is 0. The third-order valence-electron chi connectivity index (χ3n) is 1.37. The van der Waals surface area contributed by atoms with Crippen LogP contribution in [0, 0.1) is 0 Å². The standard InChI is InChI=1S/C8H9F2N/c9-8(10)5-6-1-3-7(11)4-2-6/h1-4,8H,5,11H2. The number of halogens is 2. The Morgan fingerprint density at radius 2 is 1.73 bits per heavy atom. The van der Waals surface area contributed by atoms with Gasteiger partial charge in [0.05, 0.1) is 0 Å². The lowest BCUT2D eigenvalue weighted by molar-refractivity contribution is 0.149. The number of nitrogen functional groups attached to an aromatic ring is 1. The first-order valence-electron chi connectivity index (χ1n) is 3.31. The van der Waals surface area contributed by atoms with Crippen LogP contribution in [0.1, 0.15) is 5.56 Å². The molecule has 11 heavy (non-hydrogen) atoms. The van der Waals surface area contributed by atoms with Gasteiger partial charge < -0.3 is 5.73 Å². The van der Waals surface area contributed by atoms with Crippen LogP contribution in [0.25, 0.3) is 0 Å². The van der Waals surface area contributed by atoms with E-state index in [-0.39, 0.29) is 6.42 Å². The average Bonchev–Trinajstić information content (AvgIpc) is 1.93. The summed E-state index contributed by atoms with van der Waals surface area (Å²) in [5, 5.41) is 0. The largest absolute Gasteiger partial charge is 0.399 e. The molecule has 0 fully saturated rings. The third kappa shape index (κ3) is 2.53. The summed E-state index contributed by atoms with van der Waals surface area (Å²) < 4.78 is 23.6. The minimum absolute atomic E-state index is 0.194. The average molecular weight is 157 g/mol. The van der Waals surface area contributed by atoms with Crippen molar-refractivity contribution in [3.8, 4) is 0 Å². The first-order chi connectivity index (χ1) is 5.18. The van der Waals surface area contributed by atoms with Gasteiger partial charge in [-0.05, 0) is 17.7 Å². The molecule has 1 aromatic rings. The van der Waals surface area contributed by atoms with Crippen LogP contribution in [0.2, 0.25) is 0 Å². The zero-order chi connectivity index (χ0) is 8.27. The SMILES string of the molecule is Nc1ccc(CC(F)F)cc1. The first-order valence-corrected chi connectivity index (χ1v) is 3.31. The Morgan fingerprint density at radius 1 is 1.18 bits per heavy atom. The van der Waals surface area contributed by atoms with Crippen LogP contribution in [0.4, 0.5) is 14.5 Å². The molecule has 1 nitrogen and oxygen atoms in total. The van der Waals surface area contributed by atoms with Crippen LogP contribution in [-0.2, 0) is 6.42 Å². The predicted molar refractivity (Wildman–Crippen MR) is 40.6 cm³/mol. The van der Waals surface area contributed by atoms with Gasteiger partial charge in [0.1, 0.15) is 0 Å². The molecule has 0 heterocycles. The predicted octanol–water partition coefficient (Wildman–Crippen LogP) is 2.08. The monoisotopic (exact) mass is 157 g/mol. The van der Waals surface area contributed by atoms with Gasteiger partial charge in [0.2, 0.25) is 6.43 Å². The summed E-state index contributed by atoms with van der Waals surface area (Å²) in [5.74, 6) is 0. The van der Waals surface area contributed by atoms with E-state index in [2.05, 4.69) is 0 Å². The Bertz CT molecular complexity index is 218. The number of nitrogens with two attached hydrogens (primary N) is 1. The summed E-state index contributed by atoms with van der Waals surface area (Å²) in [5.41, 5.74) is 6.59. The van der Waals surface area contributed by atoms with Crippen molar-refractivity contribution in [1.29, 1.82) is 0 Å². The van der Waals surface area contributed by atoms with Gasteiger partial charge in [-0.3, -0.25) is 0 Å². The van der Waals surface area contributed by atoms with Crippen LogP contribution >= 0.6 is 0 Å². The zero-order valence-electron chi connectivity index (χ0n) is 5.93. The molecule has 0 aromatic heterocycles. The Hall–Kier alpha value is -1.12. The third-order valence-corrected chi connectivity index (χ3v) is 1.37. The summed E-state index contributed by atoms with van der Waals surface area (Å²) in [4.78, 5) is 0. The molecule has 0 bridgehead atoms. The van der Waals surface area contributed by atoms with Gasteiger partial charge in [-0.15, -0.1) is 0 Å². The molecule has 1 aromatic carbocycles. The summed E-state index contributed by atoms with van der Waals surface area (Å²) in [6, 6.07) is 6.47. The summed E-state index contributed by atoms with van der Waals surface area (Å²) in [7, 11) is 0. The van der Waals surface area contributed by atoms with Crippen LogP contribution in [0.3, 0.4) is 0 Å². The van der Waals surface area contributed by atoms with Crippen molar-refractivity contribution in [3.63, 3.8) is 0 Å². The molecular formula is C8H9F2N. The molecule has 0 aliphatic heterocycles. The molecule has 2 N–H and O–H groups in total. The van der Waals surface area contributed by atoms with Gasteiger partial charge in [0.15, 0.2) is 0 Å². The van der Waals surface area contributed by atoms with Crippen molar-refractivity contribution >= 4 is 5.69 Å².